The topological polar surface area (TPSA) is 32.3 Å². The molecule has 0 spiro atoms. The molecular weight excluding hydrogens is 327 g/mol. The Bertz CT molecular complexity index is 707. The Morgan fingerprint density at radius 2 is 1.62 bits per heavy atom. The number of likely N-dealkylation sites (tertiary alicyclic amines) is 1. The lowest BCUT2D eigenvalue weighted by Gasteiger charge is -2.39. The van der Waals surface area contributed by atoms with Gasteiger partial charge in [0, 0.05) is 12.1 Å². The van der Waals surface area contributed by atoms with Crippen molar-refractivity contribution in [3.05, 3.63) is 71.5 Å². The summed E-state index contributed by atoms with van der Waals surface area (Å²) < 4.78 is 13.3. The summed E-state index contributed by atoms with van der Waals surface area (Å²) in [5, 5.41) is 3.40. The number of halogens is 1. The maximum atomic E-state index is 13.3. The molecular formula is C22H27FN2O. The van der Waals surface area contributed by atoms with Crippen molar-refractivity contribution in [3.8, 4) is 0 Å². The highest BCUT2D eigenvalue weighted by molar-refractivity contribution is 5.79. The predicted molar refractivity (Wildman–Crippen MR) is 102 cm³/mol. The van der Waals surface area contributed by atoms with Crippen LogP contribution in [0.3, 0.4) is 0 Å². The second-order valence-corrected chi connectivity index (χ2v) is 7.21. The van der Waals surface area contributed by atoms with Crippen molar-refractivity contribution < 1.29 is 9.18 Å². The van der Waals surface area contributed by atoms with Crippen molar-refractivity contribution in [1.82, 2.24) is 10.2 Å². The Hall–Kier alpha value is -2.20. The summed E-state index contributed by atoms with van der Waals surface area (Å²) in [5.74, 6) is -0.125. The fraction of sp³-hybridized carbons (Fsp3) is 0.409. The molecule has 2 aromatic rings. The average Bonchev–Trinajstić information content (AvgIpc) is 2.64. The monoisotopic (exact) mass is 354 g/mol. The molecule has 0 saturated carbocycles. The molecule has 26 heavy (non-hydrogen) atoms. The number of piperidine rings is 1. The third-order valence-electron chi connectivity index (χ3n) is 5.28. The summed E-state index contributed by atoms with van der Waals surface area (Å²) in [4.78, 5) is 14.9. The first-order chi connectivity index (χ1) is 12.6. The van der Waals surface area contributed by atoms with Crippen LogP contribution in [0.1, 0.15) is 50.3 Å². The quantitative estimate of drug-likeness (QED) is 0.868. The van der Waals surface area contributed by atoms with E-state index in [0.29, 0.717) is 0 Å². The molecule has 0 bridgehead atoms. The molecule has 3 nitrogen and oxygen atoms in total. The average molecular weight is 354 g/mol. The van der Waals surface area contributed by atoms with Gasteiger partial charge >= 0.3 is 0 Å². The first-order valence-corrected chi connectivity index (χ1v) is 9.41. The summed E-state index contributed by atoms with van der Waals surface area (Å²) in [6, 6.07) is 16.9. The van der Waals surface area contributed by atoms with Crippen LogP contribution in [-0.4, -0.2) is 29.4 Å². The van der Waals surface area contributed by atoms with E-state index in [1.807, 2.05) is 35.2 Å². The molecule has 1 heterocycles. The van der Waals surface area contributed by atoms with Crippen LogP contribution in [0.15, 0.2) is 54.6 Å². The fourth-order valence-corrected chi connectivity index (χ4v) is 3.92. The van der Waals surface area contributed by atoms with Crippen molar-refractivity contribution in [1.29, 1.82) is 0 Å². The standard InChI is InChI=1S/C22H27FN2O/c1-16-7-6-8-17(2)25(16)21(26)15-24-22(18-9-4-3-5-10-18)19-11-13-20(23)14-12-19/h3-5,9-14,16-17,22,24H,6-8,15H2,1-2H3. The van der Waals surface area contributed by atoms with Gasteiger partial charge in [0.15, 0.2) is 0 Å². The molecule has 3 atom stereocenters. The van der Waals surface area contributed by atoms with E-state index in [2.05, 4.69) is 19.2 Å². The van der Waals surface area contributed by atoms with Gasteiger partial charge in [0.1, 0.15) is 5.82 Å². The summed E-state index contributed by atoms with van der Waals surface area (Å²) in [5.41, 5.74) is 2.01. The number of rotatable bonds is 5. The minimum Gasteiger partial charge on any atom is -0.336 e. The zero-order chi connectivity index (χ0) is 18.5. The lowest BCUT2D eigenvalue weighted by atomic mass is 9.97. The number of carbonyl (C=O) groups excluding carboxylic acids is 1. The van der Waals surface area contributed by atoms with E-state index >= 15 is 0 Å². The summed E-state index contributed by atoms with van der Waals surface area (Å²) >= 11 is 0. The second kappa shape index (κ2) is 8.45. The summed E-state index contributed by atoms with van der Waals surface area (Å²) in [6.45, 7) is 4.52. The molecule has 0 aliphatic carbocycles. The maximum absolute atomic E-state index is 13.3. The molecule has 1 fully saturated rings. The molecule has 3 unspecified atom stereocenters. The normalized spacial score (nSPS) is 21.4. The molecule has 0 radical (unpaired) electrons. The molecule has 1 aliphatic heterocycles. The van der Waals surface area contributed by atoms with Crippen molar-refractivity contribution in [3.63, 3.8) is 0 Å². The van der Waals surface area contributed by atoms with E-state index in [9.17, 15) is 9.18 Å². The lowest BCUT2D eigenvalue weighted by molar-refractivity contribution is -0.136. The number of amides is 1. The molecule has 0 aromatic heterocycles. The Labute approximate surface area is 155 Å². The van der Waals surface area contributed by atoms with Gasteiger partial charge in [-0.1, -0.05) is 42.5 Å². The van der Waals surface area contributed by atoms with Crippen molar-refractivity contribution in [2.24, 2.45) is 0 Å². The third-order valence-corrected chi connectivity index (χ3v) is 5.28. The van der Waals surface area contributed by atoms with Crippen LogP contribution in [0.5, 0.6) is 0 Å². The highest BCUT2D eigenvalue weighted by Crippen LogP contribution is 2.24. The lowest BCUT2D eigenvalue weighted by Crippen LogP contribution is -2.50. The van der Waals surface area contributed by atoms with Crippen LogP contribution in [0, 0.1) is 5.82 Å². The zero-order valence-corrected chi connectivity index (χ0v) is 15.5. The van der Waals surface area contributed by atoms with Crippen LogP contribution in [0.2, 0.25) is 0 Å². The highest BCUT2D eigenvalue weighted by atomic mass is 19.1. The maximum Gasteiger partial charge on any atom is 0.237 e. The Kier molecular flexibility index (Phi) is 6.04. The van der Waals surface area contributed by atoms with Crippen molar-refractivity contribution in [2.45, 2.75) is 51.2 Å². The largest absolute Gasteiger partial charge is 0.336 e. The molecule has 1 saturated heterocycles. The minimum atomic E-state index is -0.257. The van der Waals surface area contributed by atoms with E-state index < -0.39 is 0 Å². The second-order valence-electron chi connectivity index (χ2n) is 7.21. The third kappa shape index (κ3) is 4.31. The minimum absolute atomic E-state index is 0.132. The van der Waals surface area contributed by atoms with Gasteiger partial charge < -0.3 is 4.90 Å². The smallest absolute Gasteiger partial charge is 0.237 e. The van der Waals surface area contributed by atoms with Crippen LogP contribution >= 0.6 is 0 Å². The Balaban J connectivity index is 1.76. The van der Waals surface area contributed by atoms with Crippen LogP contribution in [-0.2, 0) is 4.79 Å². The first-order valence-electron chi connectivity index (χ1n) is 9.41. The van der Waals surface area contributed by atoms with Crippen LogP contribution in [0.4, 0.5) is 4.39 Å². The van der Waals surface area contributed by atoms with E-state index in [0.717, 1.165) is 24.0 Å². The van der Waals surface area contributed by atoms with Gasteiger partial charge in [-0.2, -0.15) is 0 Å². The van der Waals surface area contributed by atoms with E-state index in [1.54, 1.807) is 12.1 Å². The van der Waals surface area contributed by atoms with E-state index in [-0.39, 0.29) is 36.4 Å². The van der Waals surface area contributed by atoms with Gasteiger partial charge in [-0.15, -0.1) is 0 Å². The molecule has 1 aliphatic rings. The highest BCUT2D eigenvalue weighted by Gasteiger charge is 2.29. The zero-order valence-electron chi connectivity index (χ0n) is 15.5. The molecule has 4 heteroatoms. The van der Waals surface area contributed by atoms with Gasteiger partial charge in [0.25, 0.3) is 0 Å². The van der Waals surface area contributed by atoms with E-state index in [4.69, 9.17) is 0 Å². The molecule has 1 amide bonds. The summed E-state index contributed by atoms with van der Waals surface area (Å²) in [7, 11) is 0. The van der Waals surface area contributed by atoms with Crippen LogP contribution < -0.4 is 5.32 Å². The van der Waals surface area contributed by atoms with Crippen molar-refractivity contribution in [2.75, 3.05) is 6.54 Å². The first kappa shape index (κ1) is 18.6. The van der Waals surface area contributed by atoms with Crippen LogP contribution in [0.25, 0.3) is 0 Å². The fourth-order valence-electron chi connectivity index (χ4n) is 3.92. The van der Waals surface area contributed by atoms with Crippen molar-refractivity contribution >= 4 is 5.91 Å². The van der Waals surface area contributed by atoms with Gasteiger partial charge in [-0.05, 0) is 56.4 Å². The van der Waals surface area contributed by atoms with Gasteiger partial charge in [-0.3, -0.25) is 10.1 Å². The van der Waals surface area contributed by atoms with Gasteiger partial charge in [0.05, 0.1) is 12.6 Å². The number of hydrogen-bond acceptors (Lipinski definition) is 2. The number of benzene rings is 2. The molecule has 3 rings (SSSR count). The predicted octanol–water partition coefficient (Wildman–Crippen LogP) is 4.29. The number of carbonyl (C=O) groups is 1. The van der Waals surface area contributed by atoms with E-state index in [1.165, 1.54) is 18.6 Å². The molecule has 1 N–H and O–H groups in total. The van der Waals surface area contributed by atoms with Gasteiger partial charge in [-0.25, -0.2) is 4.39 Å². The van der Waals surface area contributed by atoms with Gasteiger partial charge in [0.2, 0.25) is 5.91 Å². The Morgan fingerprint density at radius 1 is 1.04 bits per heavy atom. The Morgan fingerprint density at radius 3 is 2.23 bits per heavy atom. The SMILES string of the molecule is CC1CCCC(C)N1C(=O)CNC(c1ccccc1)c1ccc(F)cc1. The number of nitrogens with one attached hydrogen (secondary N) is 1. The molecule has 2 aromatic carbocycles. The number of nitrogens with zero attached hydrogens (tertiary/aromatic N) is 1. The summed E-state index contributed by atoms with van der Waals surface area (Å²) in [6.07, 6.45) is 3.31. The number of hydrogen-bond donors (Lipinski definition) is 1. The molecule has 138 valence electrons.